The molecule has 0 saturated carbocycles. The molecule has 1 atom stereocenters. The number of methoxy groups -OCH3 is 1. The lowest BCUT2D eigenvalue weighted by molar-refractivity contribution is -0.151. The SMILES string of the molecule is COCC1(C(=O)O)CCN(C(=O)CCCOc2ccc(C(C)(C)C)cc2)C1. The van der Waals surface area contributed by atoms with Gasteiger partial charge in [-0.1, -0.05) is 32.9 Å². The molecule has 150 valence electrons. The van der Waals surface area contributed by atoms with Crippen LogP contribution < -0.4 is 4.74 Å². The lowest BCUT2D eigenvalue weighted by Gasteiger charge is -2.23. The molecule has 1 aliphatic rings. The quantitative estimate of drug-likeness (QED) is 0.705. The fourth-order valence-corrected chi connectivity index (χ4v) is 3.34. The molecule has 0 aromatic heterocycles. The molecule has 2 rings (SSSR count). The summed E-state index contributed by atoms with van der Waals surface area (Å²) in [7, 11) is 1.49. The summed E-state index contributed by atoms with van der Waals surface area (Å²) in [6.07, 6.45) is 1.38. The first kappa shape index (κ1) is 21.2. The van der Waals surface area contributed by atoms with E-state index in [2.05, 4.69) is 32.9 Å². The van der Waals surface area contributed by atoms with Crippen LogP contribution in [0, 0.1) is 5.41 Å². The smallest absolute Gasteiger partial charge is 0.313 e. The summed E-state index contributed by atoms with van der Waals surface area (Å²) in [5.74, 6) is -0.135. The predicted octanol–water partition coefficient (Wildman–Crippen LogP) is 3.09. The number of benzene rings is 1. The zero-order valence-electron chi connectivity index (χ0n) is 16.8. The molecule has 6 nitrogen and oxygen atoms in total. The van der Waals surface area contributed by atoms with Gasteiger partial charge in [-0.25, -0.2) is 0 Å². The van der Waals surface area contributed by atoms with Gasteiger partial charge in [-0.2, -0.15) is 0 Å². The molecule has 0 spiro atoms. The Morgan fingerprint density at radius 2 is 1.89 bits per heavy atom. The van der Waals surface area contributed by atoms with Crippen LogP contribution in [0.3, 0.4) is 0 Å². The second kappa shape index (κ2) is 8.74. The number of carbonyl (C=O) groups is 2. The minimum atomic E-state index is -0.976. The molecule has 1 aliphatic heterocycles. The van der Waals surface area contributed by atoms with Crippen LogP contribution in [0.5, 0.6) is 5.75 Å². The third-order valence-corrected chi connectivity index (χ3v) is 5.10. The third-order valence-electron chi connectivity index (χ3n) is 5.10. The number of nitrogens with zero attached hydrogens (tertiary/aromatic N) is 1. The van der Waals surface area contributed by atoms with Gasteiger partial charge in [0, 0.05) is 26.6 Å². The van der Waals surface area contributed by atoms with Crippen LogP contribution in [0.2, 0.25) is 0 Å². The van der Waals surface area contributed by atoms with E-state index in [-0.39, 0.29) is 24.5 Å². The van der Waals surface area contributed by atoms with Crippen LogP contribution in [0.1, 0.15) is 45.6 Å². The highest BCUT2D eigenvalue weighted by atomic mass is 16.5. The molecule has 27 heavy (non-hydrogen) atoms. The first-order valence-corrected chi connectivity index (χ1v) is 9.41. The Morgan fingerprint density at radius 1 is 1.22 bits per heavy atom. The summed E-state index contributed by atoms with van der Waals surface area (Å²) in [5, 5.41) is 9.47. The molecule has 1 aromatic rings. The minimum absolute atomic E-state index is 0.0269. The fraction of sp³-hybridized carbons (Fsp3) is 0.619. The summed E-state index contributed by atoms with van der Waals surface area (Å²) in [5.41, 5.74) is 0.377. The Hall–Kier alpha value is -2.08. The Labute approximate surface area is 161 Å². The van der Waals surface area contributed by atoms with Crippen LogP contribution in [-0.4, -0.2) is 55.3 Å². The molecule has 1 fully saturated rings. The zero-order valence-corrected chi connectivity index (χ0v) is 16.8. The van der Waals surface area contributed by atoms with E-state index in [1.807, 2.05) is 12.1 Å². The lowest BCUT2D eigenvalue weighted by atomic mass is 9.87. The maximum atomic E-state index is 12.4. The molecule has 1 N–H and O–H groups in total. The largest absolute Gasteiger partial charge is 0.494 e. The van der Waals surface area contributed by atoms with Crippen molar-refractivity contribution in [3.8, 4) is 5.75 Å². The van der Waals surface area contributed by atoms with E-state index in [1.54, 1.807) is 4.90 Å². The molecular formula is C21H31NO5. The van der Waals surface area contributed by atoms with Gasteiger partial charge >= 0.3 is 5.97 Å². The normalized spacial score (nSPS) is 19.9. The Balaban J connectivity index is 1.76. The topological polar surface area (TPSA) is 76.1 Å². The van der Waals surface area contributed by atoms with Crippen molar-refractivity contribution in [1.82, 2.24) is 4.90 Å². The molecule has 0 aliphatic carbocycles. The molecule has 1 unspecified atom stereocenters. The number of hydrogen-bond acceptors (Lipinski definition) is 4. The second-order valence-electron chi connectivity index (χ2n) is 8.31. The molecule has 6 heteroatoms. The van der Waals surface area contributed by atoms with E-state index in [9.17, 15) is 14.7 Å². The zero-order chi connectivity index (χ0) is 20.1. The second-order valence-corrected chi connectivity index (χ2v) is 8.31. The highest BCUT2D eigenvalue weighted by molar-refractivity contribution is 5.80. The highest BCUT2D eigenvalue weighted by Crippen LogP contribution is 2.31. The van der Waals surface area contributed by atoms with Crippen molar-refractivity contribution in [2.24, 2.45) is 5.41 Å². The number of amides is 1. The lowest BCUT2D eigenvalue weighted by Crippen LogP contribution is -2.40. The van der Waals surface area contributed by atoms with Crippen LogP contribution in [-0.2, 0) is 19.7 Å². The Bertz CT molecular complexity index is 650. The summed E-state index contributed by atoms with van der Waals surface area (Å²) >= 11 is 0. The Kier molecular flexibility index (Phi) is 6.87. The van der Waals surface area contributed by atoms with Gasteiger partial charge in [-0.3, -0.25) is 9.59 Å². The van der Waals surface area contributed by atoms with Crippen LogP contribution in [0.25, 0.3) is 0 Å². The highest BCUT2D eigenvalue weighted by Gasteiger charge is 2.46. The third kappa shape index (κ3) is 5.45. The fourth-order valence-electron chi connectivity index (χ4n) is 3.34. The van der Waals surface area contributed by atoms with Gasteiger partial charge in [0.2, 0.25) is 5.91 Å². The van der Waals surface area contributed by atoms with Crippen molar-refractivity contribution in [1.29, 1.82) is 0 Å². The van der Waals surface area contributed by atoms with E-state index >= 15 is 0 Å². The van der Waals surface area contributed by atoms with E-state index in [1.165, 1.54) is 12.7 Å². The van der Waals surface area contributed by atoms with Gasteiger partial charge in [0.05, 0.1) is 13.2 Å². The first-order valence-electron chi connectivity index (χ1n) is 9.41. The van der Waals surface area contributed by atoms with Gasteiger partial charge in [0.15, 0.2) is 0 Å². The van der Waals surface area contributed by atoms with Gasteiger partial charge in [-0.15, -0.1) is 0 Å². The number of carboxylic acids is 1. The summed E-state index contributed by atoms with van der Waals surface area (Å²) in [6, 6.07) is 8.03. The number of carboxylic acid groups (broad SMARTS) is 1. The van der Waals surface area contributed by atoms with E-state index in [4.69, 9.17) is 9.47 Å². The molecule has 1 heterocycles. The van der Waals surface area contributed by atoms with E-state index < -0.39 is 11.4 Å². The molecule has 1 amide bonds. The van der Waals surface area contributed by atoms with E-state index in [0.717, 1.165) is 5.75 Å². The predicted molar refractivity (Wildman–Crippen MR) is 103 cm³/mol. The minimum Gasteiger partial charge on any atom is -0.494 e. The number of aliphatic carboxylic acids is 1. The average Bonchev–Trinajstić information content (AvgIpc) is 3.04. The number of hydrogen-bond donors (Lipinski definition) is 1. The van der Waals surface area contributed by atoms with Crippen LogP contribution >= 0.6 is 0 Å². The van der Waals surface area contributed by atoms with Crippen LogP contribution in [0.4, 0.5) is 0 Å². The van der Waals surface area contributed by atoms with Crippen LogP contribution in [0.15, 0.2) is 24.3 Å². The van der Waals surface area contributed by atoms with Crippen molar-refractivity contribution in [3.63, 3.8) is 0 Å². The first-order chi connectivity index (χ1) is 12.7. The number of rotatable bonds is 8. The molecule has 1 saturated heterocycles. The number of carbonyl (C=O) groups excluding carboxylic acids is 1. The molecule has 0 radical (unpaired) electrons. The monoisotopic (exact) mass is 377 g/mol. The molecule has 0 bridgehead atoms. The van der Waals surface area contributed by atoms with Gasteiger partial charge in [0.25, 0.3) is 0 Å². The average molecular weight is 377 g/mol. The maximum absolute atomic E-state index is 12.4. The summed E-state index contributed by atoms with van der Waals surface area (Å²) < 4.78 is 10.8. The molecule has 1 aromatic carbocycles. The summed E-state index contributed by atoms with van der Waals surface area (Å²) in [4.78, 5) is 25.5. The molecular weight excluding hydrogens is 346 g/mol. The van der Waals surface area contributed by atoms with Gasteiger partial charge in [0.1, 0.15) is 11.2 Å². The standard InChI is InChI=1S/C21H31NO5/c1-20(2,3)16-7-9-17(10-8-16)27-13-5-6-18(23)22-12-11-21(14-22,15-26-4)19(24)25/h7-10H,5-6,11-15H2,1-4H3,(H,24,25). The summed E-state index contributed by atoms with van der Waals surface area (Å²) in [6.45, 7) is 7.75. The van der Waals surface area contributed by atoms with Crippen molar-refractivity contribution >= 4 is 11.9 Å². The number of likely N-dealkylation sites (tertiary alicyclic amines) is 1. The Morgan fingerprint density at radius 3 is 2.44 bits per heavy atom. The maximum Gasteiger partial charge on any atom is 0.313 e. The van der Waals surface area contributed by atoms with Crippen molar-refractivity contribution in [2.45, 2.75) is 45.4 Å². The van der Waals surface area contributed by atoms with Crippen molar-refractivity contribution in [2.75, 3.05) is 33.4 Å². The number of ether oxygens (including phenoxy) is 2. The van der Waals surface area contributed by atoms with Crippen molar-refractivity contribution in [3.05, 3.63) is 29.8 Å². The van der Waals surface area contributed by atoms with E-state index in [0.29, 0.717) is 32.4 Å². The van der Waals surface area contributed by atoms with Crippen molar-refractivity contribution < 1.29 is 24.2 Å². The van der Waals surface area contributed by atoms with Gasteiger partial charge in [-0.05, 0) is 36.0 Å². The van der Waals surface area contributed by atoms with Gasteiger partial charge < -0.3 is 19.5 Å².